The fourth-order valence-electron chi connectivity index (χ4n) is 2.04. The number of carbonyl (C=O) groups is 2. The highest BCUT2D eigenvalue weighted by Gasteiger charge is 2.07. The number of hydrogen-bond donors (Lipinski definition) is 2. The van der Waals surface area contributed by atoms with Crippen LogP contribution in [0.15, 0.2) is 30.3 Å². The van der Waals surface area contributed by atoms with Crippen molar-refractivity contribution in [3.8, 4) is 0 Å². The standard InChI is InChI=1S/C18H27N3O3S2/c1-3-21(4-2)18(25)26-13-12-19-16(22)10-11-20-17(23)24-14-15-8-6-5-7-9-15/h5-9H,3-4,10-14H2,1-2H3,(H,19,22)(H,20,23). The van der Waals surface area contributed by atoms with E-state index in [9.17, 15) is 9.59 Å². The molecule has 0 aliphatic heterocycles. The highest BCUT2D eigenvalue weighted by molar-refractivity contribution is 8.22. The average Bonchev–Trinajstić information content (AvgIpc) is 2.65. The van der Waals surface area contributed by atoms with Crippen LogP contribution >= 0.6 is 24.0 Å². The molecule has 0 saturated heterocycles. The number of thiocarbonyl (C=S) groups is 1. The molecule has 1 rings (SSSR count). The Kier molecular flexibility index (Phi) is 11.5. The molecule has 2 N–H and O–H groups in total. The normalized spacial score (nSPS) is 10.1. The lowest BCUT2D eigenvalue weighted by atomic mass is 10.2. The molecule has 0 unspecified atom stereocenters. The van der Waals surface area contributed by atoms with Crippen LogP contribution < -0.4 is 10.6 Å². The van der Waals surface area contributed by atoms with Crippen LogP contribution in [0.2, 0.25) is 0 Å². The van der Waals surface area contributed by atoms with E-state index >= 15 is 0 Å². The maximum atomic E-state index is 11.7. The van der Waals surface area contributed by atoms with E-state index < -0.39 is 6.09 Å². The van der Waals surface area contributed by atoms with Gasteiger partial charge in [0, 0.05) is 38.4 Å². The van der Waals surface area contributed by atoms with Crippen molar-refractivity contribution in [2.24, 2.45) is 0 Å². The third-order valence-corrected chi connectivity index (χ3v) is 5.03. The fraction of sp³-hybridized carbons (Fsp3) is 0.500. The molecule has 2 amide bonds. The Labute approximate surface area is 165 Å². The number of nitrogens with zero attached hydrogens (tertiary/aromatic N) is 1. The largest absolute Gasteiger partial charge is 0.445 e. The van der Waals surface area contributed by atoms with E-state index in [1.807, 2.05) is 30.3 Å². The third-order valence-electron chi connectivity index (χ3n) is 3.51. The van der Waals surface area contributed by atoms with E-state index in [1.165, 1.54) is 0 Å². The van der Waals surface area contributed by atoms with Gasteiger partial charge in [-0.25, -0.2) is 4.79 Å². The summed E-state index contributed by atoms with van der Waals surface area (Å²) in [6, 6.07) is 9.43. The van der Waals surface area contributed by atoms with Gasteiger partial charge in [-0.05, 0) is 19.4 Å². The molecule has 0 aromatic heterocycles. The first-order valence-electron chi connectivity index (χ1n) is 8.69. The van der Waals surface area contributed by atoms with E-state index in [0.29, 0.717) is 6.54 Å². The Morgan fingerprint density at radius 3 is 2.46 bits per heavy atom. The zero-order chi connectivity index (χ0) is 19.2. The number of alkyl carbamates (subject to hydrolysis) is 1. The lowest BCUT2D eigenvalue weighted by Crippen LogP contribution is -2.32. The number of nitrogens with one attached hydrogen (secondary N) is 2. The Balaban J connectivity index is 2.05. The second kappa shape index (κ2) is 13.4. The van der Waals surface area contributed by atoms with E-state index in [2.05, 4.69) is 29.4 Å². The predicted molar refractivity (Wildman–Crippen MR) is 110 cm³/mol. The van der Waals surface area contributed by atoms with Gasteiger partial charge in [-0.3, -0.25) is 4.79 Å². The summed E-state index contributed by atoms with van der Waals surface area (Å²) in [5.41, 5.74) is 0.917. The lowest BCUT2D eigenvalue weighted by molar-refractivity contribution is -0.120. The molecule has 144 valence electrons. The number of benzene rings is 1. The van der Waals surface area contributed by atoms with Crippen molar-refractivity contribution in [1.82, 2.24) is 15.5 Å². The Hall–Kier alpha value is -1.80. The first-order valence-corrected chi connectivity index (χ1v) is 10.1. The average molecular weight is 398 g/mol. The highest BCUT2D eigenvalue weighted by atomic mass is 32.2. The topological polar surface area (TPSA) is 70.7 Å². The maximum Gasteiger partial charge on any atom is 0.407 e. The van der Waals surface area contributed by atoms with Gasteiger partial charge in [0.1, 0.15) is 10.9 Å². The second-order valence-electron chi connectivity index (χ2n) is 5.38. The van der Waals surface area contributed by atoms with Gasteiger partial charge in [-0.2, -0.15) is 0 Å². The molecule has 0 heterocycles. The molecule has 0 bridgehead atoms. The van der Waals surface area contributed by atoms with Crippen molar-refractivity contribution in [1.29, 1.82) is 0 Å². The van der Waals surface area contributed by atoms with Crippen LogP contribution in [0, 0.1) is 0 Å². The summed E-state index contributed by atoms with van der Waals surface area (Å²) in [7, 11) is 0. The second-order valence-corrected chi connectivity index (χ2v) is 7.10. The van der Waals surface area contributed by atoms with Gasteiger partial charge in [0.2, 0.25) is 5.91 Å². The maximum absolute atomic E-state index is 11.7. The minimum absolute atomic E-state index is 0.109. The summed E-state index contributed by atoms with van der Waals surface area (Å²) in [6.45, 7) is 6.91. The van der Waals surface area contributed by atoms with Crippen molar-refractivity contribution in [2.75, 3.05) is 31.9 Å². The Morgan fingerprint density at radius 1 is 1.12 bits per heavy atom. The van der Waals surface area contributed by atoms with Crippen LogP contribution in [0.25, 0.3) is 0 Å². The van der Waals surface area contributed by atoms with Crippen molar-refractivity contribution in [2.45, 2.75) is 26.9 Å². The van der Waals surface area contributed by atoms with Crippen LogP contribution in [-0.4, -0.2) is 53.2 Å². The lowest BCUT2D eigenvalue weighted by Gasteiger charge is -2.20. The molecule has 0 spiro atoms. The summed E-state index contributed by atoms with van der Waals surface area (Å²) in [6.07, 6.45) is -0.312. The monoisotopic (exact) mass is 397 g/mol. The molecular formula is C18H27N3O3S2. The number of hydrogen-bond acceptors (Lipinski definition) is 5. The van der Waals surface area contributed by atoms with Gasteiger partial charge < -0.3 is 20.3 Å². The van der Waals surface area contributed by atoms with Crippen LogP contribution in [0.3, 0.4) is 0 Å². The van der Waals surface area contributed by atoms with E-state index in [0.717, 1.165) is 28.7 Å². The number of amides is 2. The van der Waals surface area contributed by atoms with Gasteiger partial charge in [-0.15, -0.1) is 0 Å². The first-order chi connectivity index (χ1) is 12.6. The molecule has 0 radical (unpaired) electrons. The van der Waals surface area contributed by atoms with Crippen LogP contribution in [0.5, 0.6) is 0 Å². The molecular weight excluding hydrogens is 370 g/mol. The SMILES string of the molecule is CCN(CC)C(=S)SCCNC(=O)CCNC(=O)OCc1ccccc1. The molecule has 1 aromatic rings. The predicted octanol–water partition coefficient (Wildman–Crippen LogP) is 2.78. The van der Waals surface area contributed by atoms with Crippen molar-refractivity contribution in [3.63, 3.8) is 0 Å². The van der Waals surface area contributed by atoms with Crippen molar-refractivity contribution >= 4 is 40.3 Å². The molecule has 0 atom stereocenters. The molecule has 26 heavy (non-hydrogen) atoms. The molecule has 0 aliphatic rings. The van der Waals surface area contributed by atoms with E-state index in [-0.39, 0.29) is 25.5 Å². The summed E-state index contributed by atoms with van der Waals surface area (Å²) in [5, 5.41) is 5.38. The van der Waals surface area contributed by atoms with E-state index in [4.69, 9.17) is 17.0 Å². The zero-order valence-corrected chi connectivity index (χ0v) is 17.0. The Bertz CT molecular complexity index is 566. The smallest absolute Gasteiger partial charge is 0.407 e. The van der Waals surface area contributed by atoms with Gasteiger partial charge in [0.05, 0.1) is 0 Å². The van der Waals surface area contributed by atoms with Crippen LogP contribution in [0.1, 0.15) is 25.8 Å². The number of rotatable bonds is 10. The molecule has 1 aromatic carbocycles. The van der Waals surface area contributed by atoms with Crippen LogP contribution in [0.4, 0.5) is 4.79 Å². The molecule has 0 saturated carbocycles. The van der Waals surface area contributed by atoms with Crippen molar-refractivity contribution < 1.29 is 14.3 Å². The van der Waals surface area contributed by atoms with Gasteiger partial charge in [-0.1, -0.05) is 54.3 Å². The van der Waals surface area contributed by atoms with E-state index in [1.54, 1.807) is 11.8 Å². The molecule has 6 nitrogen and oxygen atoms in total. The fourth-order valence-corrected chi connectivity index (χ4v) is 3.37. The zero-order valence-electron chi connectivity index (χ0n) is 15.3. The van der Waals surface area contributed by atoms with Gasteiger partial charge >= 0.3 is 6.09 Å². The first kappa shape index (κ1) is 22.2. The minimum Gasteiger partial charge on any atom is -0.445 e. The molecule has 0 aliphatic carbocycles. The molecule has 8 heteroatoms. The number of carbonyl (C=O) groups excluding carboxylic acids is 2. The summed E-state index contributed by atoms with van der Waals surface area (Å²) in [4.78, 5) is 25.4. The van der Waals surface area contributed by atoms with Crippen molar-refractivity contribution in [3.05, 3.63) is 35.9 Å². The Morgan fingerprint density at radius 2 is 1.81 bits per heavy atom. The third kappa shape index (κ3) is 9.62. The van der Waals surface area contributed by atoms with Gasteiger partial charge in [0.25, 0.3) is 0 Å². The quantitative estimate of drug-likeness (QED) is 0.467. The summed E-state index contributed by atoms with van der Waals surface area (Å²) < 4.78 is 5.93. The minimum atomic E-state index is -0.526. The number of ether oxygens (including phenoxy) is 1. The number of thioether (sulfide) groups is 1. The highest BCUT2D eigenvalue weighted by Crippen LogP contribution is 2.08. The summed E-state index contributed by atoms with van der Waals surface area (Å²) >= 11 is 6.89. The van der Waals surface area contributed by atoms with Crippen LogP contribution in [-0.2, 0) is 16.1 Å². The summed E-state index contributed by atoms with van der Waals surface area (Å²) in [5.74, 6) is 0.621. The van der Waals surface area contributed by atoms with Gasteiger partial charge in [0.15, 0.2) is 0 Å². The molecule has 0 fully saturated rings.